The van der Waals surface area contributed by atoms with E-state index in [1.165, 1.54) is 47.4 Å². The average molecular weight is 487 g/mol. The largest absolute Gasteiger partial charge is 0.323 e. The summed E-state index contributed by atoms with van der Waals surface area (Å²) in [5.74, 6) is -1.69. The lowest BCUT2D eigenvalue weighted by Crippen LogP contribution is -2.50. The van der Waals surface area contributed by atoms with Crippen LogP contribution in [0.25, 0.3) is 0 Å². The van der Waals surface area contributed by atoms with E-state index in [1.54, 1.807) is 0 Å². The second-order valence-corrected chi connectivity index (χ2v) is 9.85. The van der Waals surface area contributed by atoms with Gasteiger partial charge in [-0.2, -0.15) is 0 Å². The molecular weight excluding hydrogens is 464 g/mol. The molecule has 0 bridgehead atoms. The second kappa shape index (κ2) is 8.95. The fourth-order valence-electron chi connectivity index (χ4n) is 4.54. The molecule has 1 aliphatic carbocycles. The molecule has 1 aliphatic heterocycles. The van der Waals surface area contributed by atoms with Gasteiger partial charge in [-0.15, -0.1) is 0 Å². The number of benzene rings is 2. The van der Waals surface area contributed by atoms with Gasteiger partial charge in [-0.3, -0.25) is 24.5 Å². The van der Waals surface area contributed by atoms with Crippen LogP contribution in [-0.2, 0) is 19.6 Å². The summed E-state index contributed by atoms with van der Waals surface area (Å²) in [6, 6.07) is 8.94. The van der Waals surface area contributed by atoms with Crippen LogP contribution in [0.1, 0.15) is 42.5 Å². The smallest absolute Gasteiger partial charge is 0.270 e. The molecule has 34 heavy (non-hydrogen) atoms. The van der Waals surface area contributed by atoms with Crippen molar-refractivity contribution in [1.29, 1.82) is 0 Å². The number of nitrogens with zero attached hydrogens (tertiary/aromatic N) is 3. The van der Waals surface area contributed by atoms with E-state index in [0.717, 1.165) is 23.8 Å². The van der Waals surface area contributed by atoms with Gasteiger partial charge in [0.2, 0.25) is 15.9 Å². The number of carbonyl (C=O) groups is 3. The molecule has 3 amide bonds. The Labute approximate surface area is 195 Å². The van der Waals surface area contributed by atoms with Gasteiger partial charge in [-0.05, 0) is 43.2 Å². The number of primary sulfonamides is 1. The number of nitro groups is 1. The molecule has 12 heteroatoms. The van der Waals surface area contributed by atoms with Crippen LogP contribution in [0, 0.1) is 10.1 Å². The third kappa shape index (κ3) is 4.41. The molecule has 1 saturated carbocycles. The minimum absolute atomic E-state index is 0.0669. The molecule has 1 atom stereocenters. The van der Waals surface area contributed by atoms with Gasteiger partial charge < -0.3 is 4.90 Å². The van der Waals surface area contributed by atoms with Gasteiger partial charge in [0.15, 0.2) is 0 Å². The highest BCUT2D eigenvalue weighted by Gasteiger charge is 2.47. The quantitative estimate of drug-likeness (QED) is 0.371. The molecule has 4 rings (SSSR count). The number of nitrogens with two attached hydrogens (primary N) is 1. The molecule has 2 aromatic carbocycles. The fraction of sp³-hybridized carbons (Fsp3) is 0.318. The summed E-state index contributed by atoms with van der Waals surface area (Å²) in [5.41, 5.74) is -0.0148. The minimum atomic E-state index is -3.95. The number of nitro benzene ring substituents is 1. The first-order chi connectivity index (χ1) is 16.1. The molecule has 0 radical (unpaired) electrons. The van der Waals surface area contributed by atoms with Gasteiger partial charge >= 0.3 is 0 Å². The Morgan fingerprint density at radius 1 is 1.09 bits per heavy atom. The lowest BCUT2D eigenvalue weighted by molar-refractivity contribution is -0.384. The average Bonchev–Trinajstić information content (AvgIpc) is 3.42. The van der Waals surface area contributed by atoms with E-state index in [2.05, 4.69) is 0 Å². The summed E-state index contributed by atoms with van der Waals surface area (Å²) < 4.78 is 23.0. The van der Waals surface area contributed by atoms with Crippen molar-refractivity contribution in [3.8, 4) is 0 Å². The van der Waals surface area contributed by atoms with Crippen molar-refractivity contribution in [3.05, 3.63) is 64.2 Å². The van der Waals surface area contributed by atoms with E-state index in [4.69, 9.17) is 5.14 Å². The number of rotatable bonds is 6. The molecule has 2 aliphatic rings. The zero-order valence-electron chi connectivity index (χ0n) is 18.0. The number of hydrogen-bond acceptors (Lipinski definition) is 7. The number of amides is 3. The van der Waals surface area contributed by atoms with E-state index in [1.807, 2.05) is 0 Å². The summed E-state index contributed by atoms with van der Waals surface area (Å²) >= 11 is 0. The first kappa shape index (κ1) is 23.5. The van der Waals surface area contributed by atoms with Crippen molar-refractivity contribution in [3.63, 3.8) is 0 Å². The second-order valence-electron chi connectivity index (χ2n) is 8.28. The summed E-state index contributed by atoms with van der Waals surface area (Å²) in [4.78, 5) is 52.4. The molecule has 1 heterocycles. The molecule has 0 spiro atoms. The summed E-state index contributed by atoms with van der Waals surface area (Å²) in [6.07, 6.45) is 2.78. The third-order valence-electron chi connectivity index (χ3n) is 6.14. The van der Waals surface area contributed by atoms with Crippen molar-refractivity contribution in [2.45, 2.75) is 49.1 Å². The molecule has 11 nitrogen and oxygen atoms in total. The minimum Gasteiger partial charge on any atom is -0.323 e. The predicted octanol–water partition coefficient (Wildman–Crippen LogP) is 1.96. The zero-order chi connectivity index (χ0) is 24.6. The molecule has 2 N–H and O–H groups in total. The maximum Gasteiger partial charge on any atom is 0.270 e. The predicted molar refractivity (Wildman–Crippen MR) is 120 cm³/mol. The van der Waals surface area contributed by atoms with Crippen molar-refractivity contribution in [2.24, 2.45) is 5.14 Å². The summed E-state index contributed by atoms with van der Waals surface area (Å²) in [5, 5.41) is 16.3. The van der Waals surface area contributed by atoms with Crippen LogP contribution in [0.15, 0.2) is 53.4 Å². The van der Waals surface area contributed by atoms with Crippen LogP contribution in [0.4, 0.5) is 11.4 Å². The molecule has 0 aromatic heterocycles. The highest BCUT2D eigenvalue weighted by atomic mass is 32.2. The Bertz CT molecular complexity index is 1270. The van der Waals surface area contributed by atoms with Crippen LogP contribution in [0.2, 0.25) is 0 Å². The van der Waals surface area contributed by atoms with E-state index in [-0.39, 0.29) is 34.3 Å². The first-order valence-corrected chi connectivity index (χ1v) is 12.2. The highest BCUT2D eigenvalue weighted by Crippen LogP contribution is 2.33. The zero-order valence-corrected chi connectivity index (χ0v) is 18.8. The monoisotopic (exact) mass is 486 g/mol. The molecule has 1 saturated heterocycles. The Balaban J connectivity index is 1.67. The van der Waals surface area contributed by atoms with Crippen LogP contribution in [-0.4, -0.2) is 48.0 Å². The standard InChI is InChI=1S/C22H22N4O7S/c23-34(32,33)18-10-8-16(9-11-18)25-20(27)13-19(22(25)29)24(15-5-1-2-6-15)21(28)14-4-3-7-17(12-14)26(30)31/h3-4,7-12,15,19H,1-2,5-6,13H2,(H2,23,32,33). The van der Waals surface area contributed by atoms with Crippen molar-refractivity contribution < 1.29 is 27.7 Å². The molecule has 178 valence electrons. The van der Waals surface area contributed by atoms with Gasteiger partial charge in [0, 0.05) is 23.7 Å². The normalized spacial score (nSPS) is 19.0. The number of non-ortho nitro benzene ring substituents is 1. The van der Waals surface area contributed by atoms with E-state index in [0.29, 0.717) is 12.8 Å². The number of hydrogen-bond donors (Lipinski definition) is 1. The maximum absolute atomic E-state index is 13.5. The number of imide groups is 1. The topological polar surface area (TPSA) is 161 Å². The van der Waals surface area contributed by atoms with Crippen molar-refractivity contribution >= 4 is 39.1 Å². The Hall–Kier alpha value is -3.64. The molecular formula is C22H22N4O7S. The van der Waals surface area contributed by atoms with Crippen LogP contribution < -0.4 is 10.0 Å². The number of sulfonamides is 1. The highest BCUT2D eigenvalue weighted by molar-refractivity contribution is 7.89. The number of anilines is 1. The fourth-order valence-corrected chi connectivity index (χ4v) is 5.05. The SMILES string of the molecule is NS(=O)(=O)c1ccc(N2C(=O)CC(N(C(=O)c3cccc([N+](=O)[O-])c3)C3CCCC3)C2=O)cc1. The molecule has 2 fully saturated rings. The van der Waals surface area contributed by atoms with Crippen LogP contribution in [0.3, 0.4) is 0 Å². The van der Waals surface area contributed by atoms with Gasteiger partial charge in [0.1, 0.15) is 6.04 Å². The molecule has 2 aromatic rings. The maximum atomic E-state index is 13.5. The van der Waals surface area contributed by atoms with Crippen molar-refractivity contribution in [2.75, 3.05) is 4.90 Å². The van der Waals surface area contributed by atoms with Gasteiger partial charge in [-0.25, -0.2) is 18.5 Å². The first-order valence-electron chi connectivity index (χ1n) is 10.6. The summed E-state index contributed by atoms with van der Waals surface area (Å²) in [6.45, 7) is 0. The number of carbonyl (C=O) groups excluding carboxylic acids is 3. The molecule has 1 unspecified atom stereocenters. The van der Waals surface area contributed by atoms with E-state index in [9.17, 15) is 32.9 Å². The third-order valence-corrected chi connectivity index (χ3v) is 7.07. The summed E-state index contributed by atoms with van der Waals surface area (Å²) in [7, 11) is -3.95. The van der Waals surface area contributed by atoms with E-state index >= 15 is 0 Å². The van der Waals surface area contributed by atoms with Gasteiger partial charge in [0.05, 0.1) is 21.9 Å². The Morgan fingerprint density at radius 2 is 1.74 bits per heavy atom. The lowest BCUT2D eigenvalue weighted by atomic mass is 10.1. The van der Waals surface area contributed by atoms with Crippen molar-refractivity contribution in [1.82, 2.24) is 4.90 Å². The van der Waals surface area contributed by atoms with Gasteiger partial charge in [-0.1, -0.05) is 18.9 Å². The lowest BCUT2D eigenvalue weighted by Gasteiger charge is -2.33. The van der Waals surface area contributed by atoms with Crippen LogP contribution in [0.5, 0.6) is 0 Å². The van der Waals surface area contributed by atoms with Gasteiger partial charge in [0.25, 0.3) is 17.5 Å². The Morgan fingerprint density at radius 3 is 2.32 bits per heavy atom. The van der Waals surface area contributed by atoms with E-state index < -0.39 is 38.7 Å². The van der Waals surface area contributed by atoms with Crippen LogP contribution >= 0.6 is 0 Å². The Kier molecular flexibility index (Phi) is 6.19.